The summed E-state index contributed by atoms with van der Waals surface area (Å²) in [5.74, 6) is 3.38. The summed E-state index contributed by atoms with van der Waals surface area (Å²) in [7, 11) is 3.47. The summed E-state index contributed by atoms with van der Waals surface area (Å²) in [4.78, 5) is 37.9. The maximum Gasteiger partial charge on any atom is 0.272 e. The summed E-state index contributed by atoms with van der Waals surface area (Å²) in [6.07, 6.45) is 10.9. The van der Waals surface area contributed by atoms with E-state index in [1.165, 1.54) is 38.4 Å². The number of likely N-dealkylation sites (tertiary alicyclic amines) is 1. The molecule has 56 heavy (non-hydrogen) atoms. The molecule has 0 spiro atoms. The van der Waals surface area contributed by atoms with Crippen LogP contribution in [0.3, 0.4) is 0 Å². The third-order valence-corrected chi connectivity index (χ3v) is 13.3. The first-order valence-corrected chi connectivity index (χ1v) is 20.6. The number of nitrogens with one attached hydrogen (secondary N) is 2. The van der Waals surface area contributed by atoms with E-state index < -0.39 is 0 Å². The van der Waals surface area contributed by atoms with E-state index in [1.807, 2.05) is 64.8 Å². The molecule has 296 valence electrons. The van der Waals surface area contributed by atoms with Gasteiger partial charge in [-0.05, 0) is 98.8 Å². The molecule has 3 aliphatic rings. The molecule has 2 unspecified atom stereocenters. The Morgan fingerprint density at radius 1 is 1.04 bits per heavy atom. The van der Waals surface area contributed by atoms with Crippen LogP contribution in [0.25, 0.3) is 33.2 Å². The second-order valence-electron chi connectivity index (χ2n) is 17.2. The fourth-order valence-corrected chi connectivity index (χ4v) is 10.6. The lowest BCUT2D eigenvalue weighted by atomic mass is 9.74. The van der Waals surface area contributed by atoms with E-state index in [0.29, 0.717) is 51.6 Å². The van der Waals surface area contributed by atoms with Gasteiger partial charge in [0.05, 0.1) is 24.2 Å². The molecule has 0 bridgehead atoms. The molecule has 3 aromatic heterocycles. The highest BCUT2D eigenvalue weighted by molar-refractivity contribution is 6.07. The lowest BCUT2D eigenvalue weighted by molar-refractivity contribution is -0.125. The molecule has 1 aliphatic heterocycles. The Bertz CT molecular complexity index is 2220. The van der Waals surface area contributed by atoms with Gasteiger partial charge in [0.2, 0.25) is 5.91 Å². The number of benzene rings is 2. The number of amides is 2. The number of aromatic nitrogens is 5. The van der Waals surface area contributed by atoms with Crippen molar-refractivity contribution in [1.82, 2.24) is 34.5 Å². The van der Waals surface area contributed by atoms with E-state index in [2.05, 4.69) is 46.3 Å². The molecule has 1 saturated heterocycles. The van der Waals surface area contributed by atoms with Crippen molar-refractivity contribution < 1.29 is 14.3 Å². The zero-order valence-electron chi connectivity index (χ0n) is 33.6. The predicted octanol–water partition coefficient (Wildman–Crippen LogP) is 7.46. The van der Waals surface area contributed by atoms with Crippen molar-refractivity contribution in [2.45, 2.75) is 78.2 Å². The second-order valence-corrected chi connectivity index (χ2v) is 17.2. The van der Waals surface area contributed by atoms with Crippen LogP contribution < -0.4 is 21.1 Å². The number of hydrogen-bond acceptors (Lipinski definition) is 8. The number of piperidine rings is 1. The van der Waals surface area contributed by atoms with Crippen molar-refractivity contribution in [3.63, 3.8) is 0 Å². The minimum absolute atomic E-state index is 0.0456. The molecule has 8 rings (SSSR count). The minimum Gasteiger partial charge on any atom is -0.495 e. The highest BCUT2D eigenvalue weighted by atomic mass is 16.5. The van der Waals surface area contributed by atoms with Crippen LogP contribution in [0.4, 0.5) is 11.5 Å². The molecule has 5 aromatic rings. The van der Waals surface area contributed by atoms with E-state index in [9.17, 15) is 9.59 Å². The first-order valence-electron chi connectivity index (χ1n) is 20.6. The van der Waals surface area contributed by atoms with Gasteiger partial charge in [0, 0.05) is 55.6 Å². The Hall–Kier alpha value is -4.97. The van der Waals surface area contributed by atoms with Gasteiger partial charge in [0.1, 0.15) is 29.3 Å². The molecule has 3 fully saturated rings. The molecular weight excluding hydrogens is 703 g/mol. The smallest absolute Gasteiger partial charge is 0.272 e. The number of methoxy groups -OCH3 is 1. The number of hydrogen-bond donors (Lipinski definition) is 3. The zero-order valence-corrected chi connectivity index (χ0v) is 33.6. The van der Waals surface area contributed by atoms with Crippen molar-refractivity contribution in [1.29, 1.82) is 0 Å². The molecule has 12 heteroatoms. The number of aryl methyl sites for hydroxylation is 1. The standard InChI is InChI=1S/C44H57N9O3/c1-27-20-32-21-28(2)25-44(32,24-27)15-12-29(3)42(54)46-16-19-52-17-13-33(14-18-52)53-41-38(40(45)47-26-48-41)39(50-53)31-10-11-34(37(23-31)56-5)49-43(55)36-22-30-8-6-7-9-35(30)51(36)4/h6-11,22-23,26-29,32-33H,12-21,24-25H2,1-5H3,(H,46,54)(H,49,55)(H2,45,47,48)/t27?,28?,29-,32?,44?/m0/s1. The minimum atomic E-state index is -0.231. The van der Waals surface area contributed by atoms with Crippen LogP contribution in [0.15, 0.2) is 54.9 Å². The van der Waals surface area contributed by atoms with E-state index in [4.69, 9.17) is 15.6 Å². The summed E-state index contributed by atoms with van der Waals surface area (Å²) in [5, 5.41) is 13.1. The molecule has 2 saturated carbocycles. The van der Waals surface area contributed by atoms with Crippen molar-refractivity contribution in [3.05, 3.63) is 60.6 Å². The van der Waals surface area contributed by atoms with Crippen LogP contribution in [0.2, 0.25) is 0 Å². The number of nitrogens with zero attached hydrogens (tertiary/aromatic N) is 6. The quantitative estimate of drug-likeness (QED) is 0.119. The van der Waals surface area contributed by atoms with Crippen molar-refractivity contribution in [2.24, 2.45) is 36.1 Å². The normalized spacial score (nSPS) is 23.4. The topological polar surface area (TPSA) is 145 Å². The summed E-state index contributed by atoms with van der Waals surface area (Å²) in [6.45, 7) is 10.2. The van der Waals surface area contributed by atoms with Gasteiger partial charge >= 0.3 is 0 Å². The molecule has 12 nitrogen and oxygen atoms in total. The van der Waals surface area contributed by atoms with Gasteiger partial charge < -0.3 is 30.6 Å². The molecule has 4 heterocycles. The average molecular weight is 760 g/mol. The fraction of sp³-hybridized carbons (Fsp3) is 0.523. The molecule has 4 N–H and O–H groups in total. The van der Waals surface area contributed by atoms with Crippen LogP contribution >= 0.6 is 0 Å². The van der Waals surface area contributed by atoms with E-state index in [1.54, 1.807) is 7.11 Å². The SMILES string of the molecule is COc1cc(-c2nn(C3CCN(CCNC(=O)[C@@H](C)CCC45CC(C)CC4CC(C)C5)CC3)c3ncnc(N)c23)ccc1NC(=O)c1cc2ccccc2n1C. The highest BCUT2D eigenvalue weighted by Crippen LogP contribution is 2.60. The average Bonchev–Trinajstić information content (AvgIpc) is 3.92. The number of fused-ring (bicyclic) bond motifs is 3. The van der Waals surface area contributed by atoms with E-state index >= 15 is 0 Å². The van der Waals surface area contributed by atoms with Crippen LogP contribution in [0, 0.1) is 29.1 Å². The van der Waals surface area contributed by atoms with E-state index in [-0.39, 0.29) is 23.8 Å². The molecule has 2 amide bonds. The fourth-order valence-electron chi connectivity index (χ4n) is 10.6. The van der Waals surface area contributed by atoms with E-state index in [0.717, 1.165) is 73.1 Å². The van der Waals surface area contributed by atoms with Crippen LogP contribution in [-0.2, 0) is 11.8 Å². The Balaban J connectivity index is 0.889. The van der Waals surface area contributed by atoms with Crippen molar-refractivity contribution in [3.8, 4) is 17.0 Å². The summed E-state index contributed by atoms with van der Waals surface area (Å²) >= 11 is 0. The second kappa shape index (κ2) is 15.5. The number of nitrogen functional groups attached to an aromatic ring is 1. The first-order chi connectivity index (χ1) is 27.0. The van der Waals surface area contributed by atoms with Crippen molar-refractivity contribution >= 4 is 45.3 Å². The first kappa shape index (κ1) is 37.9. The lowest BCUT2D eigenvalue weighted by Gasteiger charge is -2.32. The molecule has 2 aromatic carbocycles. The molecule has 2 aliphatic carbocycles. The number of carbonyl (C=O) groups excluding carboxylic acids is 2. The van der Waals surface area contributed by atoms with Crippen molar-refractivity contribution in [2.75, 3.05) is 44.3 Å². The van der Waals surface area contributed by atoms with Crippen LogP contribution in [0.1, 0.15) is 88.7 Å². The van der Waals surface area contributed by atoms with Gasteiger partial charge in [-0.3, -0.25) is 9.59 Å². The number of anilines is 2. The third-order valence-electron chi connectivity index (χ3n) is 13.3. The van der Waals surface area contributed by atoms with Gasteiger partial charge in [-0.1, -0.05) is 45.0 Å². The van der Waals surface area contributed by atoms with Gasteiger partial charge in [-0.2, -0.15) is 5.10 Å². The number of nitrogens with two attached hydrogens (primary N) is 1. The number of para-hydroxylation sites is 1. The third kappa shape index (κ3) is 7.24. The summed E-state index contributed by atoms with van der Waals surface area (Å²) in [5.41, 5.74) is 11.2. The number of ether oxygens (including phenoxy) is 1. The van der Waals surface area contributed by atoms with Gasteiger partial charge in [0.15, 0.2) is 5.65 Å². The zero-order chi connectivity index (χ0) is 39.1. The molecule has 0 radical (unpaired) electrons. The monoisotopic (exact) mass is 759 g/mol. The van der Waals surface area contributed by atoms with Crippen LogP contribution in [0.5, 0.6) is 5.75 Å². The highest BCUT2D eigenvalue weighted by Gasteiger charge is 2.50. The largest absolute Gasteiger partial charge is 0.495 e. The maximum absolute atomic E-state index is 13.4. The van der Waals surface area contributed by atoms with Gasteiger partial charge in [-0.15, -0.1) is 0 Å². The summed E-state index contributed by atoms with van der Waals surface area (Å²) in [6, 6.07) is 15.5. The number of rotatable bonds is 12. The Morgan fingerprint density at radius 2 is 1.79 bits per heavy atom. The van der Waals surface area contributed by atoms with Crippen LogP contribution in [-0.4, -0.2) is 74.3 Å². The molecular formula is C44H57N9O3. The number of carbonyl (C=O) groups is 2. The van der Waals surface area contributed by atoms with Gasteiger partial charge in [-0.25, -0.2) is 14.6 Å². The maximum atomic E-state index is 13.4. The summed E-state index contributed by atoms with van der Waals surface area (Å²) < 4.78 is 9.67. The Kier molecular flexibility index (Phi) is 10.5. The lowest BCUT2D eigenvalue weighted by Crippen LogP contribution is -2.41. The Labute approximate surface area is 329 Å². The Morgan fingerprint density at radius 3 is 2.52 bits per heavy atom. The van der Waals surface area contributed by atoms with Gasteiger partial charge in [0.25, 0.3) is 5.91 Å². The molecule has 3 atom stereocenters. The predicted molar refractivity (Wildman–Crippen MR) is 221 cm³/mol.